The molecule has 11 aromatic carbocycles. The minimum Gasteiger partial charge on any atom is -0.309 e. The van der Waals surface area contributed by atoms with Gasteiger partial charge in [0, 0.05) is 36.6 Å². The monoisotopic (exact) mass is 829 g/mol. The van der Waals surface area contributed by atoms with Crippen molar-refractivity contribution in [2.24, 2.45) is 0 Å². The third-order valence-electron chi connectivity index (χ3n) is 13.2. The lowest BCUT2D eigenvalue weighted by atomic mass is 9.86. The van der Waals surface area contributed by atoms with Crippen LogP contribution < -0.4 is 0 Å². The van der Waals surface area contributed by atoms with Crippen molar-refractivity contribution in [1.82, 2.24) is 4.57 Å². The number of fused-ring (bicyclic) bond motifs is 8. The average molecular weight is 830 g/mol. The maximum absolute atomic E-state index is 2.43. The molecule has 13 rings (SSSR count). The number of benzene rings is 11. The van der Waals surface area contributed by atoms with Gasteiger partial charge in [-0.2, -0.15) is 0 Å². The molecule has 0 aliphatic heterocycles. The summed E-state index contributed by atoms with van der Waals surface area (Å²) < 4.78 is 5.08. The number of rotatable bonds is 6. The van der Waals surface area contributed by atoms with Crippen LogP contribution in [-0.2, 0) is 0 Å². The Morgan fingerprint density at radius 2 is 0.656 bits per heavy atom. The minimum atomic E-state index is 1.15. The van der Waals surface area contributed by atoms with E-state index in [1.807, 2.05) is 11.3 Å². The van der Waals surface area contributed by atoms with E-state index in [-0.39, 0.29) is 0 Å². The van der Waals surface area contributed by atoms with Crippen LogP contribution in [0.25, 0.3) is 125 Å². The molecule has 0 spiro atoms. The summed E-state index contributed by atoms with van der Waals surface area (Å²) in [4.78, 5) is 0. The van der Waals surface area contributed by atoms with Crippen LogP contribution in [0.2, 0.25) is 0 Å². The number of hydrogen-bond acceptors (Lipinski definition) is 1. The molecule has 0 unspecified atom stereocenters. The molecular formula is C62H39NS. The highest BCUT2D eigenvalue weighted by molar-refractivity contribution is 7.26. The molecule has 0 amide bonds. The lowest BCUT2D eigenvalue weighted by Gasteiger charge is -2.18. The Balaban J connectivity index is 0.917. The molecule has 0 atom stereocenters. The maximum Gasteiger partial charge on any atom is 0.0541 e. The molecule has 0 aliphatic rings. The van der Waals surface area contributed by atoms with E-state index in [0.29, 0.717) is 0 Å². The summed E-state index contributed by atoms with van der Waals surface area (Å²) in [7, 11) is 0. The fourth-order valence-corrected chi connectivity index (χ4v) is 11.7. The Kier molecular flexibility index (Phi) is 8.47. The van der Waals surface area contributed by atoms with Gasteiger partial charge in [0.2, 0.25) is 0 Å². The van der Waals surface area contributed by atoms with Gasteiger partial charge < -0.3 is 4.57 Å². The van der Waals surface area contributed by atoms with Crippen LogP contribution in [0.5, 0.6) is 0 Å². The quantitative estimate of drug-likeness (QED) is 0.147. The van der Waals surface area contributed by atoms with Crippen LogP contribution in [-0.4, -0.2) is 4.57 Å². The maximum atomic E-state index is 2.43. The SMILES string of the molecule is c1ccc(-c2ccc(-c3cccc4c3sc3c(-c5ccc6c(c5)c5ccccc5n6-c5ccc(-c6c7ccccc7c(-c7ccccc7)c7ccccc67)cc5)cccc34)cc2)cc1. The molecule has 1 nitrogen and oxygen atoms in total. The van der Waals surface area contributed by atoms with Gasteiger partial charge >= 0.3 is 0 Å². The van der Waals surface area contributed by atoms with Gasteiger partial charge in [-0.1, -0.05) is 206 Å². The highest BCUT2D eigenvalue weighted by Gasteiger charge is 2.19. The van der Waals surface area contributed by atoms with Crippen molar-refractivity contribution in [3.8, 4) is 61.3 Å². The zero-order valence-corrected chi connectivity index (χ0v) is 35.7. The fraction of sp³-hybridized carbons (Fsp3) is 0. The van der Waals surface area contributed by atoms with E-state index in [1.165, 1.54) is 119 Å². The predicted octanol–water partition coefficient (Wildman–Crippen LogP) is 17.8. The summed E-state index contributed by atoms with van der Waals surface area (Å²) in [5, 5.41) is 10.2. The van der Waals surface area contributed by atoms with Crippen LogP contribution in [0, 0.1) is 0 Å². The van der Waals surface area contributed by atoms with Gasteiger partial charge in [-0.25, -0.2) is 0 Å². The summed E-state index contributed by atoms with van der Waals surface area (Å²) in [6, 6.07) is 87.0. The van der Waals surface area contributed by atoms with Gasteiger partial charge in [0.05, 0.1) is 11.0 Å². The molecule has 64 heavy (non-hydrogen) atoms. The largest absolute Gasteiger partial charge is 0.309 e. The average Bonchev–Trinajstić information content (AvgIpc) is 3.92. The van der Waals surface area contributed by atoms with Crippen LogP contribution in [0.15, 0.2) is 237 Å². The van der Waals surface area contributed by atoms with E-state index in [2.05, 4.69) is 241 Å². The van der Waals surface area contributed by atoms with Crippen molar-refractivity contribution in [1.29, 1.82) is 0 Å². The second kappa shape index (κ2) is 14.8. The van der Waals surface area contributed by atoms with Gasteiger partial charge in [0.15, 0.2) is 0 Å². The molecule has 2 heteroatoms. The molecule has 298 valence electrons. The zero-order valence-electron chi connectivity index (χ0n) is 34.9. The second-order valence-electron chi connectivity index (χ2n) is 16.7. The molecule has 0 saturated carbocycles. The Morgan fingerprint density at radius 3 is 1.25 bits per heavy atom. The van der Waals surface area contributed by atoms with Gasteiger partial charge in [-0.15, -0.1) is 11.3 Å². The molecular weight excluding hydrogens is 791 g/mol. The summed E-state index contributed by atoms with van der Waals surface area (Å²) in [6.45, 7) is 0. The molecule has 13 aromatic rings. The van der Waals surface area contributed by atoms with E-state index >= 15 is 0 Å². The first-order valence-corrected chi connectivity index (χ1v) is 22.8. The lowest BCUT2D eigenvalue weighted by Crippen LogP contribution is -1.94. The van der Waals surface area contributed by atoms with E-state index in [4.69, 9.17) is 0 Å². The van der Waals surface area contributed by atoms with Crippen molar-refractivity contribution in [3.63, 3.8) is 0 Å². The topological polar surface area (TPSA) is 4.93 Å². The fourth-order valence-electron chi connectivity index (χ4n) is 10.3. The van der Waals surface area contributed by atoms with Gasteiger partial charge in [-0.3, -0.25) is 0 Å². The highest BCUT2D eigenvalue weighted by Crippen LogP contribution is 2.46. The Labute approximate surface area is 375 Å². The van der Waals surface area contributed by atoms with E-state index < -0.39 is 0 Å². The van der Waals surface area contributed by atoms with Gasteiger partial charge in [0.25, 0.3) is 0 Å². The molecule has 2 aromatic heterocycles. The zero-order chi connectivity index (χ0) is 42.1. The number of para-hydroxylation sites is 1. The standard InChI is InChI=1S/C62H39NS/c1-3-15-40(16-4-1)41-29-31-42(32-30-41)47-24-13-26-54-55-27-14-25-48(62(55)64-61(47)54)45-35-38-58-56(39-45)49-19-11-12-28-57(49)63(58)46-36-33-44(34-37-46)60-52-22-9-7-20-50(52)59(43-17-5-2-6-18-43)51-21-8-10-23-53(51)60/h1-39H. The summed E-state index contributed by atoms with van der Waals surface area (Å²) >= 11 is 1.91. The summed E-state index contributed by atoms with van der Waals surface area (Å²) in [5.74, 6) is 0. The first-order valence-electron chi connectivity index (χ1n) is 22.0. The third-order valence-corrected chi connectivity index (χ3v) is 14.5. The first-order chi connectivity index (χ1) is 31.8. The third kappa shape index (κ3) is 5.77. The Morgan fingerprint density at radius 1 is 0.250 bits per heavy atom. The smallest absolute Gasteiger partial charge is 0.0541 e. The van der Waals surface area contributed by atoms with Crippen LogP contribution >= 0.6 is 11.3 Å². The predicted molar refractivity (Wildman–Crippen MR) is 276 cm³/mol. The highest BCUT2D eigenvalue weighted by atomic mass is 32.1. The van der Waals surface area contributed by atoms with Crippen molar-refractivity contribution in [2.45, 2.75) is 0 Å². The Bertz CT molecular complexity index is 3860. The van der Waals surface area contributed by atoms with E-state index in [1.54, 1.807) is 0 Å². The lowest BCUT2D eigenvalue weighted by molar-refractivity contribution is 1.18. The number of thiophene rings is 1. The molecule has 0 fully saturated rings. The second-order valence-corrected chi connectivity index (χ2v) is 17.8. The first kappa shape index (κ1) is 36.6. The van der Waals surface area contributed by atoms with E-state index in [0.717, 1.165) is 5.69 Å². The molecule has 0 radical (unpaired) electrons. The van der Waals surface area contributed by atoms with Crippen LogP contribution in [0.4, 0.5) is 0 Å². The molecule has 0 bridgehead atoms. The van der Waals surface area contributed by atoms with Gasteiger partial charge in [-0.05, 0) is 108 Å². The van der Waals surface area contributed by atoms with Crippen molar-refractivity contribution >= 4 is 74.9 Å². The molecule has 0 aliphatic carbocycles. The van der Waals surface area contributed by atoms with Gasteiger partial charge in [0.1, 0.15) is 0 Å². The normalized spacial score (nSPS) is 11.8. The molecule has 0 N–H and O–H groups in total. The molecule has 2 heterocycles. The minimum absolute atomic E-state index is 1.15. The number of nitrogens with zero attached hydrogens (tertiary/aromatic N) is 1. The van der Waals surface area contributed by atoms with Crippen molar-refractivity contribution in [2.75, 3.05) is 0 Å². The van der Waals surface area contributed by atoms with Crippen molar-refractivity contribution < 1.29 is 0 Å². The van der Waals surface area contributed by atoms with E-state index in [9.17, 15) is 0 Å². The Hall–Kier alpha value is -8.04. The summed E-state index contributed by atoms with van der Waals surface area (Å²) in [6.07, 6.45) is 0. The van der Waals surface area contributed by atoms with Crippen LogP contribution in [0.1, 0.15) is 0 Å². The summed E-state index contributed by atoms with van der Waals surface area (Å²) in [5.41, 5.74) is 16.0. The number of hydrogen-bond donors (Lipinski definition) is 0. The molecule has 0 saturated heterocycles. The number of aromatic nitrogens is 1. The van der Waals surface area contributed by atoms with Crippen molar-refractivity contribution in [3.05, 3.63) is 237 Å². The van der Waals surface area contributed by atoms with Crippen LogP contribution in [0.3, 0.4) is 0 Å².